The minimum Gasteiger partial charge on any atom is -0.497 e. The fourth-order valence-electron chi connectivity index (χ4n) is 1.70. The van der Waals surface area contributed by atoms with Crippen LogP contribution in [0, 0.1) is 0 Å². The lowest BCUT2D eigenvalue weighted by atomic mass is 10.1. The molecule has 2 aromatic rings. The molecule has 0 atom stereocenters. The fraction of sp³-hybridized carbons (Fsp3) is 0.154. The van der Waals surface area contributed by atoms with Crippen molar-refractivity contribution in [2.45, 2.75) is 0 Å². The van der Waals surface area contributed by atoms with Gasteiger partial charge >= 0.3 is 0 Å². The van der Waals surface area contributed by atoms with Crippen LogP contribution in [0.25, 0.3) is 11.1 Å². The number of pyridine rings is 1. The summed E-state index contributed by atoms with van der Waals surface area (Å²) < 4.78 is 10.4. The van der Waals surface area contributed by atoms with Gasteiger partial charge in [0, 0.05) is 17.7 Å². The monoisotopic (exact) mass is 265 g/mol. The molecule has 0 saturated heterocycles. The number of ether oxygens (including phenoxy) is 2. The summed E-state index contributed by atoms with van der Waals surface area (Å²) in [7, 11) is 3.14. The van der Waals surface area contributed by atoms with E-state index in [1.54, 1.807) is 32.4 Å². The fourth-order valence-corrected chi connectivity index (χ4v) is 1.91. The molecule has 1 N–H and O–H groups in total. The molecule has 0 spiro atoms. The van der Waals surface area contributed by atoms with Crippen molar-refractivity contribution in [3.8, 4) is 22.6 Å². The van der Waals surface area contributed by atoms with Gasteiger partial charge in [-0.3, -0.25) is 4.79 Å². The van der Waals surface area contributed by atoms with Crippen molar-refractivity contribution in [1.29, 1.82) is 0 Å². The molecular weight excluding hydrogens is 254 g/mol. The van der Waals surface area contributed by atoms with E-state index in [0.717, 1.165) is 5.56 Å². The van der Waals surface area contributed by atoms with Gasteiger partial charge in [0.05, 0.1) is 14.2 Å². The summed E-state index contributed by atoms with van der Waals surface area (Å²) in [6.45, 7) is 0. The highest BCUT2D eigenvalue weighted by molar-refractivity contribution is 6.29. The largest absolute Gasteiger partial charge is 0.497 e. The molecule has 2 rings (SSSR count). The Bertz CT molecular complexity index is 622. The predicted molar refractivity (Wildman–Crippen MR) is 70.6 cm³/mol. The van der Waals surface area contributed by atoms with Gasteiger partial charge in [0.15, 0.2) is 0 Å². The highest BCUT2D eigenvalue weighted by Crippen LogP contribution is 2.33. The van der Waals surface area contributed by atoms with E-state index in [2.05, 4.69) is 4.98 Å². The molecule has 0 aliphatic rings. The Morgan fingerprint density at radius 2 is 1.89 bits per heavy atom. The first-order chi connectivity index (χ1) is 8.63. The highest BCUT2D eigenvalue weighted by atomic mass is 35.5. The molecule has 0 radical (unpaired) electrons. The third kappa shape index (κ3) is 2.49. The number of benzene rings is 1. The Kier molecular flexibility index (Phi) is 3.58. The zero-order chi connectivity index (χ0) is 13.1. The quantitative estimate of drug-likeness (QED) is 0.868. The first kappa shape index (κ1) is 12.5. The average Bonchev–Trinajstić information content (AvgIpc) is 2.36. The molecule has 1 aromatic carbocycles. The second-order valence-corrected chi connectivity index (χ2v) is 4.05. The first-order valence-electron chi connectivity index (χ1n) is 5.26. The second kappa shape index (κ2) is 5.14. The average molecular weight is 266 g/mol. The van der Waals surface area contributed by atoms with Crippen molar-refractivity contribution in [2.24, 2.45) is 0 Å². The molecular formula is C13H12ClNO3. The molecule has 0 bridgehead atoms. The van der Waals surface area contributed by atoms with Crippen LogP contribution in [0.4, 0.5) is 0 Å². The number of aromatic amines is 1. The van der Waals surface area contributed by atoms with Crippen LogP contribution < -0.4 is 15.0 Å². The summed E-state index contributed by atoms with van der Waals surface area (Å²) in [6.07, 6.45) is 0. The SMILES string of the molecule is COc1ccc(-c2cc(Cl)[nH]c(=O)c2)c(OC)c1. The van der Waals surface area contributed by atoms with Crippen molar-refractivity contribution in [1.82, 2.24) is 4.98 Å². The Morgan fingerprint density at radius 3 is 2.50 bits per heavy atom. The summed E-state index contributed by atoms with van der Waals surface area (Å²) >= 11 is 5.83. The maximum absolute atomic E-state index is 11.4. The minimum atomic E-state index is -0.254. The van der Waals surface area contributed by atoms with Gasteiger partial charge < -0.3 is 14.5 Å². The van der Waals surface area contributed by atoms with Crippen LogP contribution in [0.5, 0.6) is 11.5 Å². The molecule has 94 valence electrons. The van der Waals surface area contributed by atoms with Gasteiger partial charge in [-0.25, -0.2) is 0 Å². The van der Waals surface area contributed by atoms with Crippen molar-refractivity contribution in [3.05, 3.63) is 45.8 Å². The molecule has 0 saturated carbocycles. The van der Waals surface area contributed by atoms with Crippen molar-refractivity contribution >= 4 is 11.6 Å². The summed E-state index contributed by atoms with van der Waals surface area (Å²) in [6, 6.07) is 8.52. The molecule has 18 heavy (non-hydrogen) atoms. The number of nitrogens with one attached hydrogen (secondary N) is 1. The van der Waals surface area contributed by atoms with Crippen molar-refractivity contribution < 1.29 is 9.47 Å². The Balaban J connectivity index is 2.59. The third-order valence-corrected chi connectivity index (χ3v) is 2.73. The van der Waals surface area contributed by atoms with Crippen LogP contribution in [0.15, 0.2) is 35.1 Å². The van der Waals surface area contributed by atoms with E-state index in [4.69, 9.17) is 21.1 Å². The molecule has 0 amide bonds. The number of methoxy groups -OCH3 is 2. The zero-order valence-corrected chi connectivity index (χ0v) is 10.7. The smallest absolute Gasteiger partial charge is 0.249 e. The molecule has 0 fully saturated rings. The molecule has 1 aromatic heterocycles. The van der Waals surface area contributed by atoms with Crippen LogP contribution in [0.3, 0.4) is 0 Å². The number of rotatable bonds is 3. The first-order valence-corrected chi connectivity index (χ1v) is 5.64. The number of hydrogen-bond donors (Lipinski definition) is 1. The van der Waals surface area contributed by atoms with Gasteiger partial charge in [-0.2, -0.15) is 0 Å². The lowest BCUT2D eigenvalue weighted by Crippen LogP contribution is -2.04. The standard InChI is InChI=1S/C13H12ClNO3/c1-17-9-3-4-10(11(7-9)18-2)8-5-12(14)15-13(16)6-8/h3-7H,1-2H3,(H,15,16). The summed E-state index contributed by atoms with van der Waals surface area (Å²) in [5.41, 5.74) is 1.23. The van der Waals surface area contributed by atoms with E-state index in [1.165, 1.54) is 6.07 Å². The molecule has 5 heteroatoms. The molecule has 1 heterocycles. The third-order valence-electron chi connectivity index (χ3n) is 2.53. The topological polar surface area (TPSA) is 51.3 Å². The van der Waals surface area contributed by atoms with Crippen molar-refractivity contribution in [3.63, 3.8) is 0 Å². The Morgan fingerprint density at radius 1 is 1.11 bits per heavy atom. The van der Waals surface area contributed by atoms with Gasteiger partial charge in [0.2, 0.25) is 5.56 Å². The Hall–Kier alpha value is -1.94. The second-order valence-electron chi connectivity index (χ2n) is 3.65. The molecule has 4 nitrogen and oxygen atoms in total. The highest BCUT2D eigenvalue weighted by Gasteiger charge is 2.09. The van der Waals surface area contributed by atoms with Gasteiger partial charge in [0.25, 0.3) is 0 Å². The number of H-pyrrole nitrogens is 1. The summed E-state index contributed by atoms with van der Waals surface area (Å²) in [5.74, 6) is 1.31. The van der Waals surface area contributed by atoms with E-state index < -0.39 is 0 Å². The normalized spacial score (nSPS) is 10.2. The van der Waals surface area contributed by atoms with Gasteiger partial charge in [-0.05, 0) is 23.8 Å². The summed E-state index contributed by atoms with van der Waals surface area (Å²) in [4.78, 5) is 13.9. The van der Waals surface area contributed by atoms with Gasteiger partial charge in [-0.1, -0.05) is 11.6 Å². The van der Waals surface area contributed by atoms with E-state index in [9.17, 15) is 4.79 Å². The molecule has 0 unspecified atom stereocenters. The lowest BCUT2D eigenvalue weighted by molar-refractivity contribution is 0.395. The number of halogens is 1. The number of aromatic nitrogens is 1. The zero-order valence-electron chi connectivity index (χ0n) is 9.99. The van der Waals surface area contributed by atoms with E-state index in [-0.39, 0.29) is 10.7 Å². The lowest BCUT2D eigenvalue weighted by Gasteiger charge is -2.10. The Labute approximate surface area is 109 Å². The van der Waals surface area contributed by atoms with Crippen LogP contribution in [0.2, 0.25) is 5.15 Å². The van der Waals surface area contributed by atoms with Gasteiger partial charge in [-0.15, -0.1) is 0 Å². The maximum atomic E-state index is 11.4. The van der Waals surface area contributed by atoms with Crippen LogP contribution in [-0.2, 0) is 0 Å². The van der Waals surface area contributed by atoms with E-state index in [0.29, 0.717) is 17.1 Å². The van der Waals surface area contributed by atoms with E-state index >= 15 is 0 Å². The van der Waals surface area contributed by atoms with Crippen LogP contribution >= 0.6 is 11.6 Å². The maximum Gasteiger partial charge on any atom is 0.249 e. The predicted octanol–water partition coefficient (Wildman–Crippen LogP) is 2.71. The van der Waals surface area contributed by atoms with Crippen LogP contribution in [0.1, 0.15) is 0 Å². The summed E-state index contributed by atoms with van der Waals surface area (Å²) in [5, 5.41) is 0.287. The van der Waals surface area contributed by atoms with Gasteiger partial charge in [0.1, 0.15) is 16.7 Å². The number of hydrogen-bond acceptors (Lipinski definition) is 3. The molecule has 0 aliphatic heterocycles. The van der Waals surface area contributed by atoms with Crippen molar-refractivity contribution in [2.75, 3.05) is 14.2 Å². The van der Waals surface area contributed by atoms with E-state index in [1.807, 2.05) is 6.07 Å². The minimum absolute atomic E-state index is 0.254. The molecule has 0 aliphatic carbocycles. The van der Waals surface area contributed by atoms with Crippen LogP contribution in [-0.4, -0.2) is 19.2 Å².